The third-order valence-electron chi connectivity index (χ3n) is 6.55. The largest absolute Gasteiger partial charge is 0.396 e. The lowest BCUT2D eigenvalue weighted by atomic mass is 10.1. The molecule has 0 aliphatic heterocycles. The number of rotatable bonds is 7. The topological polar surface area (TPSA) is 83.0 Å². The SMILES string of the molecule is Cc1ccc(CNc2nc(C)c(-c3nc4c(s3)C=CC=CC4)c(NC3CCC(CO)C3)n2)cc1. The van der Waals surface area contributed by atoms with Crippen molar-refractivity contribution in [3.63, 3.8) is 0 Å². The molecule has 2 heterocycles. The van der Waals surface area contributed by atoms with Gasteiger partial charge < -0.3 is 15.7 Å². The molecule has 2 unspecified atom stereocenters. The summed E-state index contributed by atoms with van der Waals surface area (Å²) < 4.78 is 0. The molecule has 176 valence electrons. The second-order valence-electron chi connectivity index (χ2n) is 9.22. The Kier molecular flexibility index (Phi) is 6.74. The van der Waals surface area contributed by atoms with Crippen LogP contribution in [-0.2, 0) is 13.0 Å². The van der Waals surface area contributed by atoms with Crippen molar-refractivity contribution in [3.8, 4) is 10.6 Å². The molecule has 2 aliphatic rings. The number of aromatic nitrogens is 3. The van der Waals surface area contributed by atoms with Gasteiger partial charge in [0.05, 0.1) is 21.8 Å². The van der Waals surface area contributed by atoms with Crippen LogP contribution in [0.4, 0.5) is 11.8 Å². The van der Waals surface area contributed by atoms with Crippen molar-refractivity contribution in [1.82, 2.24) is 15.0 Å². The Morgan fingerprint density at radius 3 is 2.71 bits per heavy atom. The monoisotopic (exact) mass is 473 g/mol. The van der Waals surface area contributed by atoms with Gasteiger partial charge in [0.1, 0.15) is 10.8 Å². The molecule has 0 spiro atoms. The Morgan fingerprint density at radius 2 is 1.91 bits per heavy atom. The summed E-state index contributed by atoms with van der Waals surface area (Å²) in [4.78, 5) is 15.9. The molecule has 1 saturated carbocycles. The predicted molar refractivity (Wildman–Crippen MR) is 140 cm³/mol. The van der Waals surface area contributed by atoms with E-state index in [1.54, 1.807) is 11.3 Å². The minimum atomic E-state index is 0.246. The van der Waals surface area contributed by atoms with E-state index in [1.165, 1.54) is 16.0 Å². The van der Waals surface area contributed by atoms with Crippen LogP contribution >= 0.6 is 11.3 Å². The van der Waals surface area contributed by atoms with Crippen molar-refractivity contribution < 1.29 is 5.11 Å². The van der Waals surface area contributed by atoms with Crippen molar-refractivity contribution in [2.75, 3.05) is 17.2 Å². The predicted octanol–water partition coefficient (Wildman–Crippen LogP) is 5.53. The molecule has 0 bridgehead atoms. The fourth-order valence-electron chi connectivity index (χ4n) is 4.61. The molecule has 0 saturated heterocycles. The average molecular weight is 474 g/mol. The number of hydrogen-bond acceptors (Lipinski definition) is 7. The quantitative estimate of drug-likeness (QED) is 0.419. The second-order valence-corrected chi connectivity index (χ2v) is 10.3. The van der Waals surface area contributed by atoms with Crippen LogP contribution in [0.3, 0.4) is 0 Å². The number of aliphatic hydroxyl groups is 1. The van der Waals surface area contributed by atoms with Crippen LogP contribution in [-0.4, -0.2) is 32.7 Å². The highest BCUT2D eigenvalue weighted by atomic mass is 32.1. The number of nitrogens with zero attached hydrogens (tertiary/aromatic N) is 3. The molecule has 34 heavy (non-hydrogen) atoms. The summed E-state index contributed by atoms with van der Waals surface area (Å²) >= 11 is 1.69. The van der Waals surface area contributed by atoms with Crippen LogP contribution in [0.5, 0.6) is 0 Å². The number of fused-ring (bicyclic) bond motifs is 1. The van der Waals surface area contributed by atoms with E-state index in [-0.39, 0.29) is 12.6 Å². The number of benzene rings is 1. The second kappa shape index (κ2) is 10.1. The van der Waals surface area contributed by atoms with Gasteiger partial charge >= 0.3 is 0 Å². The van der Waals surface area contributed by atoms with Crippen molar-refractivity contribution in [3.05, 3.63) is 69.9 Å². The zero-order valence-electron chi connectivity index (χ0n) is 19.7. The van der Waals surface area contributed by atoms with E-state index in [0.29, 0.717) is 18.4 Å². The number of hydrogen-bond donors (Lipinski definition) is 3. The van der Waals surface area contributed by atoms with Crippen LogP contribution in [0, 0.1) is 19.8 Å². The number of aryl methyl sites for hydroxylation is 2. The molecule has 2 atom stereocenters. The van der Waals surface area contributed by atoms with Crippen molar-refractivity contribution >= 4 is 29.2 Å². The molecule has 2 aromatic heterocycles. The minimum absolute atomic E-state index is 0.246. The van der Waals surface area contributed by atoms with Gasteiger partial charge in [0.25, 0.3) is 0 Å². The van der Waals surface area contributed by atoms with Crippen molar-refractivity contribution in [1.29, 1.82) is 0 Å². The van der Waals surface area contributed by atoms with E-state index in [4.69, 9.17) is 15.0 Å². The van der Waals surface area contributed by atoms with Gasteiger partial charge in [-0.3, -0.25) is 0 Å². The Hall–Kier alpha value is -3.03. The summed E-state index contributed by atoms with van der Waals surface area (Å²) in [5.41, 5.74) is 5.41. The molecule has 2 aliphatic carbocycles. The summed E-state index contributed by atoms with van der Waals surface area (Å²) in [6.45, 7) is 5.04. The van der Waals surface area contributed by atoms with Crippen molar-refractivity contribution in [2.45, 2.75) is 52.1 Å². The van der Waals surface area contributed by atoms with E-state index in [2.05, 4.69) is 66.1 Å². The first-order valence-electron chi connectivity index (χ1n) is 12.0. The fraction of sp³-hybridized carbons (Fsp3) is 0.370. The van der Waals surface area contributed by atoms with Crippen LogP contribution in [0.2, 0.25) is 0 Å². The highest BCUT2D eigenvalue weighted by Crippen LogP contribution is 2.38. The van der Waals surface area contributed by atoms with Crippen LogP contribution in [0.1, 0.15) is 46.7 Å². The van der Waals surface area contributed by atoms with Gasteiger partial charge in [0, 0.05) is 25.6 Å². The van der Waals surface area contributed by atoms with Crippen LogP contribution < -0.4 is 10.6 Å². The van der Waals surface area contributed by atoms with Crippen LogP contribution in [0.15, 0.2) is 42.5 Å². The van der Waals surface area contributed by atoms with Gasteiger partial charge in [0.2, 0.25) is 5.95 Å². The van der Waals surface area contributed by atoms with E-state index in [1.807, 2.05) is 6.92 Å². The lowest BCUT2D eigenvalue weighted by Crippen LogP contribution is -2.19. The van der Waals surface area contributed by atoms with Gasteiger partial charge in [-0.15, -0.1) is 11.3 Å². The number of thiazole rings is 1. The first kappa shape index (κ1) is 22.7. The van der Waals surface area contributed by atoms with E-state index in [9.17, 15) is 5.11 Å². The van der Waals surface area contributed by atoms with Gasteiger partial charge in [0.15, 0.2) is 0 Å². The summed E-state index contributed by atoms with van der Waals surface area (Å²) in [5, 5.41) is 17.6. The average Bonchev–Trinajstić information content (AvgIpc) is 3.39. The number of anilines is 2. The Balaban J connectivity index is 1.46. The fourth-order valence-corrected chi connectivity index (χ4v) is 5.72. The first-order chi connectivity index (χ1) is 16.6. The summed E-state index contributed by atoms with van der Waals surface area (Å²) in [7, 11) is 0. The van der Waals surface area contributed by atoms with E-state index < -0.39 is 0 Å². The maximum atomic E-state index is 9.60. The number of nitrogens with one attached hydrogen (secondary N) is 2. The zero-order valence-corrected chi connectivity index (χ0v) is 20.5. The van der Waals surface area contributed by atoms with E-state index >= 15 is 0 Å². The molecular formula is C27H31N5OS. The molecule has 1 aromatic carbocycles. The highest BCUT2D eigenvalue weighted by molar-refractivity contribution is 7.16. The molecule has 7 heteroatoms. The van der Waals surface area contributed by atoms with Gasteiger partial charge in [-0.2, -0.15) is 4.98 Å². The van der Waals surface area contributed by atoms with Crippen molar-refractivity contribution in [2.24, 2.45) is 5.92 Å². The molecule has 6 nitrogen and oxygen atoms in total. The molecule has 3 aromatic rings. The number of allylic oxidation sites excluding steroid dienone is 3. The third-order valence-corrected chi connectivity index (χ3v) is 7.63. The summed E-state index contributed by atoms with van der Waals surface area (Å²) in [6, 6.07) is 8.78. The Morgan fingerprint density at radius 1 is 1.06 bits per heavy atom. The molecule has 3 N–H and O–H groups in total. The molecular weight excluding hydrogens is 442 g/mol. The summed E-state index contributed by atoms with van der Waals surface area (Å²) in [6.07, 6.45) is 12.3. The molecule has 0 amide bonds. The molecule has 5 rings (SSSR count). The molecule has 1 fully saturated rings. The third kappa shape index (κ3) is 5.05. The summed E-state index contributed by atoms with van der Waals surface area (Å²) in [5.74, 6) is 1.80. The first-order valence-corrected chi connectivity index (χ1v) is 12.8. The smallest absolute Gasteiger partial charge is 0.225 e. The Bertz CT molecular complexity index is 1210. The van der Waals surface area contributed by atoms with E-state index in [0.717, 1.165) is 53.5 Å². The van der Waals surface area contributed by atoms with Gasteiger partial charge in [-0.1, -0.05) is 48.1 Å². The zero-order chi connectivity index (χ0) is 23.5. The highest BCUT2D eigenvalue weighted by Gasteiger charge is 2.27. The maximum Gasteiger partial charge on any atom is 0.225 e. The minimum Gasteiger partial charge on any atom is -0.396 e. The lowest BCUT2D eigenvalue weighted by molar-refractivity contribution is 0.229. The van der Waals surface area contributed by atoms with Gasteiger partial charge in [-0.05, 0) is 50.7 Å². The van der Waals surface area contributed by atoms with Crippen LogP contribution in [0.25, 0.3) is 16.6 Å². The van der Waals surface area contributed by atoms with Gasteiger partial charge in [-0.25, -0.2) is 9.97 Å². The lowest BCUT2D eigenvalue weighted by Gasteiger charge is -2.18. The standard InChI is InChI=1S/C27H31N5OS/c1-17-8-10-19(11-9-17)15-28-27-29-18(2)24(25(32-27)30-21-13-12-20(14-21)16-33)26-31-22-6-4-3-5-7-23(22)34-26/h3-5,7-11,20-21,33H,6,12-16H2,1-2H3,(H2,28,29,30,32). The Labute approximate surface area is 204 Å². The maximum absolute atomic E-state index is 9.60. The number of aliphatic hydroxyl groups excluding tert-OH is 1. The molecule has 0 radical (unpaired) electrons. The normalized spacial score (nSPS) is 19.1.